The van der Waals surface area contributed by atoms with E-state index in [0.29, 0.717) is 18.7 Å². The highest BCUT2D eigenvalue weighted by Crippen LogP contribution is 2.05. The molecule has 3 amide bonds. The number of benzene rings is 1. The molecule has 1 rings (SSSR count). The molecule has 0 saturated carbocycles. The highest BCUT2D eigenvalue weighted by Gasteiger charge is 2.11. The summed E-state index contributed by atoms with van der Waals surface area (Å²) >= 11 is 0. The summed E-state index contributed by atoms with van der Waals surface area (Å²) in [5.74, 6) is -0.576. The Bertz CT molecular complexity index is 620. The molecule has 0 aliphatic heterocycles. The SMILES string of the molecule is O=C(CCC(=O)NC(CO)CO)NCCCCCCCCNC(=O)c1ccccc1. The minimum absolute atomic E-state index is 0.0309. The predicted molar refractivity (Wildman–Crippen MR) is 115 cm³/mol. The van der Waals surface area contributed by atoms with Crippen LogP contribution >= 0.6 is 0 Å². The molecule has 0 spiro atoms. The number of amides is 3. The van der Waals surface area contributed by atoms with Crippen molar-refractivity contribution in [3.05, 3.63) is 35.9 Å². The summed E-state index contributed by atoms with van der Waals surface area (Å²) in [6.07, 6.45) is 6.20. The van der Waals surface area contributed by atoms with Crippen molar-refractivity contribution < 1.29 is 24.6 Å². The van der Waals surface area contributed by atoms with Crippen molar-refractivity contribution in [3.63, 3.8) is 0 Å². The smallest absolute Gasteiger partial charge is 0.251 e. The van der Waals surface area contributed by atoms with Crippen LogP contribution in [0.2, 0.25) is 0 Å². The molecule has 0 bridgehead atoms. The van der Waals surface area contributed by atoms with Crippen LogP contribution in [-0.4, -0.2) is 60.3 Å². The van der Waals surface area contributed by atoms with E-state index < -0.39 is 6.04 Å². The van der Waals surface area contributed by atoms with Crippen molar-refractivity contribution >= 4 is 17.7 Å². The van der Waals surface area contributed by atoms with Crippen molar-refractivity contribution in [2.75, 3.05) is 26.3 Å². The van der Waals surface area contributed by atoms with Gasteiger partial charge in [-0.1, -0.05) is 43.9 Å². The summed E-state index contributed by atoms with van der Waals surface area (Å²) in [4.78, 5) is 35.2. The Morgan fingerprint density at radius 3 is 1.87 bits per heavy atom. The maximum atomic E-state index is 11.9. The standard InChI is InChI=1S/C22H35N3O5/c26-16-19(17-27)25-21(29)13-12-20(28)23-14-8-3-1-2-4-9-15-24-22(30)18-10-6-5-7-11-18/h5-7,10-11,19,26-27H,1-4,8-9,12-17H2,(H,23,28)(H,24,30)(H,25,29). The van der Waals surface area contributed by atoms with Crippen molar-refractivity contribution in [2.24, 2.45) is 0 Å². The minimum Gasteiger partial charge on any atom is -0.394 e. The molecule has 0 heterocycles. The largest absolute Gasteiger partial charge is 0.394 e. The van der Waals surface area contributed by atoms with Crippen LogP contribution in [0.5, 0.6) is 0 Å². The third kappa shape index (κ3) is 12.2. The third-order valence-corrected chi connectivity index (χ3v) is 4.63. The number of hydrogen-bond donors (Lipinski definition) is 5. The van der Waals surface area contributed by atoms with E-state index in [-0.39, 0.29) is 43.8 Å². The molecule has 30 heavy (non-hydrogen) atoms. The average molecular weight is 422 g/mol. The second-order valence-electron chi connectivity index (χ2n) is 7.22. The van der Waals surface area contributed by atoms with Crippen LogP contribution < -0.4 is 16.0 Å². The number of carbonyl (C=O) groups is 3. The van der Waals surface area contributed by atoms with E-state index in [9.17, 15) is 14.4 Å². The summed E-state index contributed by atoms with van der Waals surface area (Å²) in [7, 11) is 0. The summed E-state index contributed by atoms with van der Waals surface area (Å²) in [5, 5.41) is 26.0. The fraction of sp³-hybridized carbons (Fsp3) is 0.591. The van der Waals surface area contributed by atoms with Crippen molar-refractivity contribution in [1.29, 1.82) is 0 Å². The predicted octanol–water partition coefficient (Wildman–Crippen LogP) is 1.12. The van der Waals surface area contributed by atoms with Gasteiger partial charge in [0.15, 0.2) is 0 Å². The summed E-state index contributed by atoms with van der Waals surface area (Å²) in [6.45, 7) is 0.589. The van der Waals surface area contributed by atoms with Crippen molar-refractivity contribution in [3.8, 4) is 0 Å². The fourth-order valence-corrected chi connectivity index (χ4v) is 2.84. The van der Waals surface area contributed by atoms with Gasteiger partial charge in [0.2, 0.25) is 11.8 Å². The Hall–Kier alpha value is -2.45. The number of nitrogens with one attached hydrogen (secondary N) is 3. The van der Waals surface area contributed by atoms with Crippen LogP contribution in [0.4, 0.5) is 0 Å². The van der Waals surface area contributed by atoms with Crippen LogP contribution in [-0.2, 0) is 9.59 Å². The topological polar surface area (TPSA) is 128 Å². The molecule has 0 aliphatic carbocycles. The lowest BCUT2D eigenvalue weighted by molar-refractivity contribution is -0.127. The maximum Gasteiger partial charge on any atom is 0.251 e. The number of unbranched alkanes of at least 4 members (excludes halogenated alkanes) is 5. The first-order chi connectivity index (χ1) is 14.6. The zero-order valence-corrected chi connectivity index (χ0v) is 17.6. The van der Waals surface area contributed by atoms with Gasteiger partial charge in [-0.25, -0.2) is 0 Å². The normalized spacial score (nSPS) is 10.6. The zero-order valence-electron chi connectivity index (χ0n) is 17.6. The first-order valence-corrected chi connectivity index (χ1v) is 10.7. The Kier molecular flexibility index (Phi) is 14.0. The molecule has 168 valence electrons. The molecule has 0 atom stereocenters. The third-order valence-electron chi connectivity index (χ3n) is 4.63. The van der Waals surface area contributed by atoms with Gasteiger partial charge < -0.3 is 26.2 Å². The highest BCUT2D eigenvalue weighted by molar-refractivity contribution is 5.94. The monoisotopic (exact) mass is 421 g/mol. The zero-order chi connectivity index (χ0) is 22.0. The number of carbonyl (C=O) groups excluding carboxylic acids is 3. The average Bonchev–Trinajstić information content (AvgIpc) is 2.77. The summed E-state index contributed by atoms with van der Waals surface area (Å²) < 4.78 is 0. The van der Waals surface area contributed by atoms with E-state index >= 15 is 0 Å². The van der Waals surface area contributed by atoms with Gasteiger partial charge in [0, 0.05) is 31.5 Å². The van der Waals surface area contributed by atoms with Gasteiger partial charge in [-0.3, -0.25) is 14.4 Å². The summed E-state index contributed by atoms with van der Waals surface area (Å²) in [5.41, 5.74) is 0.680. The summed E-state index contributed by atoms with van der Waals surface area (Å²) in [6, 6.07) is 8.50. The minimum atomic E-state index is -0.680. The van der Waals surface area contributed by atoms with Crippen molar-refractivity contribution in [2.45, 2.75) is 57.4 Å². The lowest BCUT2D eigenvalue weighted by atomic mass is 10.1. The number of aliphatic hydroxyl groups is 2. The molecule has 1 aromatic rings. The Balaban J connectivity index is 1.91. The molecule has 0 saturated heterocycles. The van der Waals surface area contributed by atoms with Gasteiger partial charge in [-0.05, 0) is 25.0 Å². The second-order valence-corrected chi connectivity index (χ2v) is 7.22. The van der Waals surface area contributed by atoms with Crippen LogP contribution in [0.1, 0.15) is 61.7 Å². The number of rotatable bonds is 16. The molecule has 0 radical (unpaired) electrons. The van der Waals surface area contributed by atoms with Crippen LogP contribution in [0.25, 0.3) is 0 Å². The first-order valence-electron chi connectivity index (χ1n) is 10.7. The second kappa shape index (κ2) is 16.4. The van der Waals surface area contributed by atoms with E-state index in [1.54, 1.807) is 12.1 Å². The van der Waals surface area contributed by atoms with E-state index in [1.165, 1.54) is 0 Å². The van der Waals surface area contributed by atoms with Gasteiger partial charge in [0.05, 0.1) is 19.3 Å². The Morgan fingerprint density at radius 1 is 0.733 bits per heavy atom. The fourth-order valence-electron chi connectivity index (χ4n) is 2.84. The van der Waals surface area contributed by atoms with Crippen LogP contribution in [0, 0.1) is 0 Å². The van der Waals surface area contributed by atoms with Gasteiger partial charge >= 0.3 is 0 Å². The molecular formula is C22H35N3O5. The van der Waals surface area contributed by atoms with Gasteiger partial charge in [-0.2, -0.15) is 0 Å². The van der Waals surface area contributed by atoms with Crippen LogP contribution in [0.15, 0.2) is 30.3 Å². The highest BCUT2D eigenvalue weighted by atomic mass is 16.3. The van der Waals surface area contributed by atoms with Gasteiger partial charge in [0.25, 0.3) is 5.91 Å². The molecule has 8 heteroatoms. The quantitative estimate of drug-likeness (QED) is 0.256. The lowest BCUT2D eigenvalue weighted by Gasteiger charge is -2.13. The van der Waals surface area contributed by atoms with E-state index in [4.69, 9.17) is 10.2 Å². The van der Waals surface area contributed by atoms with Gasteiger partial charge in [0.1, 0.15) is 0 Å². The Morgan fingerprint density at radius 2 is 1.27 bits per heavy atom. The molecule has 0 fully saturated rings. The lowest BCUT2D eigenvalue weighted by Crippen LogP contribution is -2.40. The van der Waals surface area contributed by atoms with Crippen molar-refractivity contribution in [1.82, 2.24) is 16.0 Å². The number of aliphatic hydroxyl groups excluding tert-OH is 2. The number of hydrogen-bond acceptors (Lipinski definition) is 5. The van der Waals surface area contributed by atoms with E-state index in [1.807, 2.05) is 18.2 Å². The first kappa shape index (κ1) is 25.6. The molecule has 5 N–H and O–H groups in total. The van der Waals surface area contributed by atoms with Crippen LogP contribution in [0.3, 0.4) is 0 Å². The molecule has 1 aromatic carbocycles. The van der Waals surface area contributed by atoms with Gasteiger partial charge in [-0.15, -0.1) is 0 Å². The molecule has 8 nitrogen and oxygen atoms in total. The molecule has 0 aliphatic rings. The van der Waals surface area contributed by atoms with E-state index in [2.05, 4.69) is 16.0 Å². The Labute approximate surface area is 178 Å². The molecule has 0 aromatic heterocycles. The van der Waals surface area contributed by atoms with E-state index in [0.717, 1.165) is 38.5 Å². The molecule has 0 unspecified atom stereocenters. The maximum absolute atomic E-state index is 11.9. The molecular weight excluding hydrogens is 386 g/mol.